The van der Waals surface area contributed by atoms with Gasteiger partial charge in [-0.15, -0.1) is 0 Å². The molecule has 3 aromatic carbocycles. The Morgan fingerprint density at radius 2 is 1.67 bits per heavy atom. The molecular formula is C27H26FN3OS. The minimum absolute atomic E-state index is 0.146. The molecule has 1 N–H and O–H groups in total. The molecule has 168 valence electrons. The van der Waals surface area contributed by atoms with E-state index in [1.165, 1.54) is 12.5 Å². The van der Waals surface area contributed by atoms with Crippen molar-refractivity contribution < 1.29 is 9.18 Å². The smallest absolute Gasteiger partial charge is 0.265 e. The van der Waals surface area contributed by atoms with Crippen LogP contribution in [-0.4, -0.2) is 28.7 Å². The van der Waals surface area contributed by atoms with Crippen molar-refractivity contribution in [3.05, 3.63) is 89.2 Å². The Morgan fingerprint density at radius 1 is 0.970 bits per heavy atom. The molecule has 0 aliphatic carbocycles. The summed E-state index contributed by atoms with van der Waals surface area (Å²) in [5.41, 5.74) is 6.22. The highest BCUT2D eigenvalue weighted by molar-refractivity contribution is 7.99. The van der Waals surface area contributed by atoms with Crippen LogP contribution >= 0.6 is 11.8 Å². The highest BCUT2D eigenvalue weighted by Gasteiger charge is 2.27. The normalized spacial score (nSPS) is 20.3. The van der Waals surface area contributed by atoms with Crippen molar-refractivity contribution in [1.29, 1.82) is 0 Å². The van der Waals surface area contributed by atoms with Crippen LogP contribution in [0.5, 0.6) is 0 Å². The first-order chi connectivity index (χ1) is 16.0. The van der Waals surface area contributed by atoms with Crippen LogP contribution in [0.4, 0.5) is 10.1 Å². The van der Waals surface area contributed by atoms with Crippen molar-refractivity contribution in [1.82, 2.24) is 10.4 Å². The third kappa shape index (κ3) is 4.33. The number of carbonyl (C=O) groups excluding carboxylic acids is 1. The fourth-order valence-electron chi connectivity index (χ4n) is 4.56. The molecule has 3 aromatic rings. The summed E-state index contributed by atoms with van der Waals surface area (Å²) in [5.74, 6) is -0.464. The maximum absolute atomic E-state index is 14.8. The van der Waals surface area contributed by atoms with Crippen LogP contribution in [0.25, 0.3) is 0 Å². The molecule has 5 rings (SSSR count). The van der Waals surface area contributed by atoms with Crippen LogP contribution in [0, 0.1) is 5.82 Å². The second kappa shape index (κ2) is 9.12. The lowest BCUT2D eigenvalue weighted by Gasteiger charge is -2.38. The van der Waals surface area contributed by atoms with Gasteiger partial charge in [-0.1, -0.05) is 48.5 Å². The predicted octanol–water partition coefficient (Wildman–Crippen LogP) is 6.37. The predicted molar refractivity (Wildman–Crippen MR) is 131 cm³/mol. The van der Waals surface area contributed by atoms with E-state index in [1.807, 2.05) is 48.5 Å². The fraction of sp³-hybridized carbons (Fsp3) is 0.259. The maximum Gasteiger partial charge on any atom is 0.265 e. The quantitative estimate of drug-likeness (QED) is 0.387. The number of aliphatic imine (C=N–C) groups is 1. The number of nitrogens with zero attached hydrogens (tertiary/aromatic N) is 2. The van der Waals surface area contributed by atoms with Crippen molar-refractivity contribution in [2.75, 3.05) is 0 Å². The van der Waals surface area contributed by atoms with Gasteiger partial charge >= 0.3 is 0 Å². The number of piperidine rings is 1. The van der Waals surface area contributed by atoms with Gasteiger partial charge in [0, 0.05) is 38.6 Å². The van der Waals surface area contributed by atoms with Gasteiger partial charge in [-0.2, -0.15) is 0 Å². The Balaban J connectivity index is 1.54. The highest BCUT2D eigenvalue weighted by Crippen LogP contribution is 2.41. The number of hydrazine groups is 1. The number of amides is 1. The Labute approximate surface area is 197 Å². The molecule has 0 radical (unpaired) electrons. The first-order valence-electron chi connectivity index (χ1n) is 11.4. The molecular weight excluding hydrogens is 433 g/mol. The first-order valence-corrected chi connectivity index (χ1v) is 12.2. The Kier molecular flexibility index (Phi) is 6.04. The van der Waals surface area contributed by atoms with E-state index in [0.29, 0.717) is 34.6 Å². The van der Waals surface area contributed by atoms with Crippen LogP contribution in [0.15, 0.2) is 81.5 Å². The average molecular weight is 460 g/mol. The van der Waals surface area contributed by atoms with E-state index in [4.69, 9.17) is 4.99 Å². The van der Waals surface area contributed by atoms with Gasteiger partial charge in [0.15, 0.2) is 0 Å². The minimum Gasteiger partial charge on any atom is -0.284 e. The molecule has 2 atom stereocenters. The molecule has 1 amide bonds. The number of hydrogen-bond donors (Lipinski definition) is 1. The van der Waals surface area contributed by atoms with Gasteiger partial charge in [-0.05, 0) is 63.1 Å². The topological polar surface area (TPSA) is 44.7 Å². The van der Waals surface area contributed by atoms with Crippen LogP contribution in [0.1, 0.15) is 54.6 Å². The Hall–Kier alpha value is -2.96. The Bertz CT molecular complexity index is 1230. The van der Waals surface area contributed by atoms with Gasteiger partial charge in [0.2, 0.25) is 0 Å². The lowest BCUT2D eigenvalue weighted by Crippen LogP contribution is -2.54. The lowest BCUT2D eigenvalue weighted by molar-refractivity contribution is 0.0370. The number of carbonyl (C=O) groups is 1. The molecule has 0 bridgehead atoms. The zero-order valence-electron chi connectivity index (χ0n) is 18.7. The van der Waals surface area contributed by atoms with Crippen LogP contribution in [-0.2, 0) is 0 Å². The molecule has 2 aliphatic heterocycles. The van der Waals surface area contributed by atoms with E-state index in [9.17, 15) is 9.18 Å². The van der Waals surface area contributed by atoms with Crippen molar-refractivity contribution in [3.8, 4) is 0 Å². The van der Waals surface area contributed by atoms with Gasteiger partial charge in [0.05, 0.1) is 11.4 Å². The van der Waals surface area contributed by atoms with Gasteiger partial charge < -0.3 is 0 Å². The molecule has 2 aliphatic rings. The molecule has 6 heteroatoms. The summed E-state index contributed by atoms with van der Waals surface area (Å²) < 4.78 is 14.8. The van der Waals surface area contributed by atoms with E-state index in [1.54, 1.807) is 23.9 Å². The largest absolute Gasteiger partial charge is 0.284 e. The van der Waals surface area contributed by atoms with E-state index >= 15 is 0 Å². The fourth-order valence-corrected chi connectivity index (χ4v) is 5.57. The summed E-state index contributed by atoms with van der Waals surface area (Å²) in [6, 6.07) is 20.8. The molecule has 1 fully saturated rings. The molecule has 0 unspecified atom stereocenters. The van der Waals surface area contributed by atoms with Crippen molar-refractivity contribution >= 4 is 29.1 Å². The molecule has 2 heterocycles. The van der Waals surface area contributed by atoms with Crippen LogP contribution < -0.4 is 5.43 Å². The molecule has 0 spiro atoms. The molecule has 4 nitrogen and oxygen atoms in total. The monoisotopic (exact) mass is 459 g/mol. The van der Waals surface area contributed by atoms with Gasteiger partial charge in [-0.25, -0.2) is 14.4 Å². The number of rotatable bonds is 3. The molecule has 33 heavy (non-hydrogen) atoms. The zero-order valence-corrected chi connectivity index (χ0v) is 19.5. The summed E-state index contributed by atoms with van der Waals surface area (Å²) in [6.45, 7) is 4.29. The SMILES string of the molecule is C[C@@H]1CCC[C@H](C)N1NC(=O)c1ccc2c(c1)N=C(c1ccccc1F)c1ccccc1S2. The summed E-state index contributed by atoms with van der Waals surface area (Å²) in [5, 5.41) is 2.07. The Morgan fingerprint density at radius 3 is 2.42 bits per heavy atom. The maximum atomic E-state index is 14.8. The first kappa shape index (κ1) is 21.9. The van der Waals surface area contributed by atoms with Gasteiger partial charge in [-0.3, -0.25) is 10.2 Å². The third-order valence-corrected chi connectivity index (χ3v) is 7.51. The third-order valence-electron chi connectivity index (χ3n) is 6.37. The second-order valence-electron chi connectivity index (χ2n) is 8.70. The molecule has 0 aromatic heterocycles. The lowest BCUT2D eigenvalue weighted by atomic mass is 10.00. The summed E-state index contributed by atoms with van der Waals surface area (Å²) >= 11 is 1.59. The minimum atomic E-state index is -0.318. The zero-order chi connectivity index (χ0) is 22.9. The number of benzene rings is 3. The molecule has 0 saturated carbocycles. The van der Waals surface area contributed by atoms with Gasteiger partial charge in [0.25, 0.3) is 5.91 Å². The second-order valence-corrected chi connectivity index (χ2v) is 9.78. The number of halogens is 1. The molecule has 1 saturated heterocycles. The summed E-state index contributed by atoms with van der Waals surface area (Å²) in [4.78, 5) is 20.0. The number of fused-ring (bicyclic) bond motifs is 2. The highest BCUT2D eigenvalue weighted by atomic mass is 32.2. The summed E-state index contributed by atoms with van der Waals surface area (Å²) in [7, 11) is 0. The van der Waals surface area contributed by atoms with Crippen LogP contribution in [0.2, 0.25) is 0 Å². The van der Waals surface area contributed by atoms with E-state index in [-0.39, 0.29) is 11.7 Å². The van der Waals surface area contributed by atoms with E-state index in [0.717, 1.165) is 28.2 Å². The number of nitrogens with one attached hydrogen (secondary N) is 1. The van der Waals surface area contributed by atoms with Crippen LogP contribution in [0.3, 0.4) is 0 Å². The standard InChI is InChI=1S/C27H26FN3OS/c1-17-8-7-9-18(2)31(17)30-27(32)19-14-15-25-23(16-19)29-26(20-10-3-5-12-22(20)28)21-11-4-6-13-24(21)33-25/h3-6,10-18H,7-9H2,1-2H3,(H,30,32)/t17-,18+. The average Bonchev–Trinajstić information content (AvgIpc) is 2.98. The van der Waals surface area contributed by atoms with Gasteiger partial charge in [0.1, 0.15) is 5.82 Å². The summed E-state index contributed by atoms with van der Waals surface area (Å²) in [6.07, 6.45) is 3.32. The van der Waals surface area contributed by atoms with Crippen molar-refractivity contribution in [2.24, 2.45) is 4.99 Å². The van der Waals surface area contributed by atoms with E-state index < -0.39 is 0 Å². The van der Waals surface area contributed by atoms with Crippen molar-refractivity contribution in [3.63, 3.8) is 0 Å². The van der Waals surface area contributed by atoms with Crippen molar-refractivity contribution in [2.45, 2.75) is 55.0 Å². The van der Waals surface area contributed by atoms with E-state index in [2.05, 4.69) is 24.3 Å². The number of hydrogen-bond acceptors (Lipinski definition) is 4.